The quantitative estimate of drug-likeness (QED) is 0.189. The number of fused-ring (bicyclic) bond motifs is 1. The van der Waals surface area contributed by atoms with Crippen LogP contribution in [-0.2, 0) is 20.8 Å². The van der Waals surface area contributed by atoms with Gasteiger partial charge in [-0.15, -0.1) is 16.9 Å². The molecule has 2 aromatic rings. The van der Waals surface area contributed by atoms with E-state index >= 15 is 0 Å². The maximum absolute atomic E-state index is 13.0. The van der Waals surface area contributed by atoms with Gasteiger partial charge in [-0.3, -0.25) is 19.5 Å². The number of amides is 2. The molecular weight excluding hydrogens is 500 g/mol. The average molecular weight is 521 g/mol. The highest BCUT2D eigenvalue weighted by Gasteiger charge is 2.54. The molecule has 0 spiro atoms. The van der Waals surface area contributed by atoms with Gasteiger partial charge in [0, 0.05) is 36.2 Å². The van der Waals surface area contributed by atoms with Crippen LogP contribution in [0.5, 0.6) is 0 Å². The first-order chi connectivity index (χ1) is 16.3. The molecule has 0 saturated carbocycles. The average Bonchev–Trinajstić information content (AvgIpc) is 3.33. The lowest BCUT2D eigenvalue weighted by Crippen LogP contribution is -2.70. The summed E-state index contributed by atoms with van der Waals surface area (Å²) >= 11 is 8.04. The lowest BCUT2D eigenvalue weighted by Gasteiger charge is -2.50. The molecule has 1 saturated heterocycles. The van der Waals surface area contributed by atoms with Crippen LogP contribution in [0.3, 0.4) is 0 Å². The molecule has 0 aliphatic carbocycles. The number of β-lactam (4-membered cyclic amide) rings is 1. The summed E-state index contributed by atoms with van der Waals surface area (Å²) in [7, 11) is 0. The van der Waals surface area contributed by atoms with Crippen LogP contribution >= 0.6 is 35.7 Å². The van der Waals surface area contributed by atoms with E-state index in [1.807, 2.05) is 6.07 Å². The highest BCUT2D eigenvalue weighted by Crippen LogP contribution is 2.44. The number of carboxylic acids is 1. The number of aliphatic carboxylic acids is 1. The molecule has 178 valence electrons. The molecule has 2 amide bonds. The lowest BCUT2D eigenvalue weighted by atomic mass is 9.99. The molecule has 0 aromatic carbocycles. The number of hydrogen-bond donors (Lipinski definition) is 4. The number of hydrogen-bond acceptors (Lipinski definition) is 10. The van der Waals surface area contributed by atoms with Gasteiger partial charge in [0.05, 0.1) is 4.99 Å². The molecule has 2 aliphatic rings. The fourth-order valence-corrected chi connectivity index (χ4v) is 6.56. The molecule has 1 fully saturated rings. The molecule has 5 N–H and O–H groups in total. The van der Waals surface area contributed by atoms with Crippen LogP contribution in [0.25, 0.3) is 0 Å². The summed E-state index contributed by atoms with van der Waals surface area (Å²) in [6.07, 6.45) is 4.11. The van der Waals surface area contributed by atoms with E-state index in [1.165, 1.54) is 28.4 Å². The van der Waals surface area contributed by atoms with Crippen molar-refractivity contribution in [3.8, 4) is 0 Å². The SMILES string of the molecule is NC(=O)CCC(Sc1nnn[nH]1)C1=C(C(=O)O)N2C(=O)C(NC(=S)Cc3cccnc3)[C@@H]2SC1. The number of nitrogens with zero attached hydrogens (tertiary/aromatic N) is 5. The first-order valence-electron chi connectivity index (χ1n) is 10.1. The predicted molar refractivity (Wildman–Crippen MR) is 127 cm³/mol. The van der Waals surface area contributed by atoms with Crippen LogP contribution in [0.4, 0.5) is 0 Å². The second-order valence-corrected chi connectivity index (χ2v) is 10.3. The Hall–Kier alpha value is -3.04. The van der Waals surface area contributed by atoms with Gasteiger partial charge < -0.3 is 16.2 Å². The van der Waals surface area contributed by atoms with Crippen molar-refractivity contribution in [2.24, 2.45) is 5.73 Å². The number of nitrogens with two attached hydrogens (primary N) is 1. The van der Waals surface area contributed by atoms with Crippen LogP contribution < -0.4 is 11.1 Å². The Morgan fingerprint density at radius 3 is 2.94 bits per heavy atom. The van der Waals surface area contributed by atoms with Gasteiger partial charge in [-0.1, -0.05) is 30.0 Å². The number of nitrogens with one attached hydrogen (secondary N) is 2. The Balaban J connectivity index is 1.53. The minimum absolute atomic E-state index is 0.0461. The Morgan fingerprint density at radius 2 is 2.29 bits per heavy atom. The number of pyridine rings is 1. The van der Waals surface area contributed by atoms with Crippen molar-refractivity contribution in [2.75, 3.05) is 5.75 Å². The van der Waals surface area contributed by atoms with Gasteiger partial charge >= 0.3 is 5.97 Å². The largest absolute Gasteiger partial charge is 0.477 e. The van der Waals surface area contributed by atoms with Crippen LogP contribution in [0.2, 0.25) is 0 Å². The molecule has 2 aromatic heterocycles. The van der Waals surface area contributed by atoms with Crippen LogP contribution in [0.1, 0.15) is 18.4 Å². The van der Waals surface area contributed by atoms with E-state index in [2.05, 4.69) is 30.9 Å². The van der Waals surface area contributed by atoms with E-state index < -0.39 is 28.5 Å². The van der Waals surface area contributed by atoms with E-state index in [0.29, 0.717) is 27.9 Å². The molecule has 3 atom stereocenters. The standard InChI is InChI=1S/C19H20N8O4S3/c20-12(28)4-3-11(34-19-23-25-26-24-19)10-8-33-17-14(16(29)27(17)15(10)18(30)31)22-13(32)6-9-2-1-5-21-7-9/h1-2,5,7,11,14,17H,3-4,6,8H2,(H2,20,28)(H,22,32)(H,30,31)(H,23,24,25,26)/t11?,14?,17-/m0/s1. The third kappa shape index (κ3) is 5.20. The number of thiocarbonyl (C=S) groups is 1. The van der Waals surface area contributed by atoms with Crippen molar-refractivity contribution in [3.05, 3.63) is 41.4 Å². The van der Waals surface area contributed by atoms with Gasteiger partial charge in [0.25, 0.3) is 5.91 Å². The fourth-order valence-electron chi connectivity index (χ4n) is 3.71. The normalized spacial score (nSPS) is 20.4. The predicted octanol–water partition coefficient (Wildman–Crippen LogP) is 0.103. The minimum Gasteiger partial charge on any atom is -0.477 e. The zero-order valence-corrected chi connectivity index (χ0v) is 20.0. The third-order valence-electron chi connectivity index (χ3n) is 5.23. The van der Waals surface area contributed by atoms with Gasteiger partial charge in [0.15, 0.2) is 0 Å². The zero-order valence-electron chi connectivity index (χ0n) is 17.6. The fraction of sp³-hybridized carbons (Fsp3) is 0.368. The lowest BCUT2D eigenvalue weighted by molar-refractivity contribution is -0.148. The van der Waals surface area contributed by atoms with Gasteiger partial charge in [-0.2, -0.15) is 0 Å². The summed E-state index contributed by atoms with van der Waals surface area (Å²) in [5, 5.41) is 26.1. The molecule has 0 bridgehead atoms. The van der Waals surface area contributed by atoms with Gasteiger partial charge in [-0.25, -0.2) is 9.89 Å². The summed E-state index contributed by atoms with van der Waals surface area (Å²) in [6.45, 7) is 0. The second-order valence-electron chi connectivity index (χ2n) is 7.49. The highest BCUT2D eigenvalue weighted by molar-refractivity contribution is 8.01. The second kappa shape index (κ2) is 10.5. The monoisotopic (exact) mass is 520 g/mol. The van der Waals surface area contributed by atoms with Crippen LogP contribution in [0, 0.1) is 0 Å². The van der Waals surface area contributed by atoms with Crippen molar-refractivity contribution < 1.29 is 19.5 Å². The summed E-state index contributed by atoms with van der Waals surface area (Å²) in [5.41, 5.74) is 6.66. The number of carbonyl (C=O) groups excluding carboxylic acids is 2. The van der Waals surface area contributed by atoms with Crippen LogP contribution in [0.15, 0.2) is 41.0 Å². The molecule has 2 aliphatic heterocycles. The molecular formula is C19H20N8O4S3. The topological polar surface area (TPSA) is 180 Å². The van der Waals surface area contributed by atoms with Crippen molar-refractivity contribution in [1.82, 2.24) is 35.8 Å². The van der Waals surface area contributed by atoms with Gasteiger partial charge in [0.1, 0.15) is 17.1 Å². The Bertz CT molecular complexity index is 1130. The highest BCUT2D eigenvalue weighted by atomic mass is 32.2. The Labute approximate surface area is 207 Å². The summed E-state index contributed by atoms with van der Waals surface area (Å²) < 4.78 is 0. The van der Waals surface area contributed by atoms with E-state index in [1.54, 1.807) is 18.5 Å². The molecule has 4 heterocycles. The zero-order chi connectivity index (χ0) is 24.2. The van der Waals surface area contributed by atoms with E-state index in [0.717, 1.165) is 5.56 Å². The molecule has 34 heavy (non-hydrogen) atoms. The minimum atomic E-state index is -1.22. The third-order valence-corrected chi connectivity index (χ3v) is 7.99. The summed E-state index contributed by atoms with van der Waals surface area (Å²) in [6, 6.07) is 3.06. The molecule has 2 unspecified atom stereocenters. The number of primary amides is 1. The molecule has 0 radical (unpaired) electrons. The first kappa shape index (κ1) is 24.1. The van der Waals surface area contributed by atoms with Gasteiger partial charge in [0.2, 0.25) is 11.1 Å². The number of aromatic nitrogens is 5. The number of thioether (sulfide) groups is 2. The molecule has 15 heteroatoms. The van der Waals surface area contributed by atoms with E-state index in [-0.39, 0.29) is 24.4 Å². The Kier molecular flexibility index (Phi) is 7.43. The van der Waals surface area contributed by atoms with Crippen molar-refractivity contribution >= 4 is 58.5 Å². The molecule has 4 rings (SSSR count). The summed E-state index contributed by atoms with van der Waals surface area (Å²) in [4.78, 5) is 42.5. The number of rotatable bonds is 10. The van der Waals surface area contributed by atoms with E-state index in [4.69, 9.17) is 18.0 Å². The molecule has 12 nitrogen and oxygen atoms in total. The van der Waals surface area contributed by atoms with E-state index in [9.17, 15) is 19.5 Å². The first-order valence-corrected chi connectivity index (χ1v) is 12.5. The van der Waals surface area contributed by atoms with Crippen molar-refractivity contribution in [3.63, 3.8) is 0 Å². The smallest absolute Gasteiger partial charge is 0.352 e. The number of tetrazole rings is 1. The number of H-pyrrole nitrogens is 1. The van der Waals surface area contributed by atoms with Crippen LogP contribution in [-0.4, -0.2) is 80.8 Å². The maximum atomic E-state index is 13.0. The number of aromatic amines is 1. The maximum Gasteiger partial charge on any atom is 0.352 e. The Morgan fingerprint density at radius 1 is 1.47 bits per heavy atom. The van der Waals surface area contributed by atoms with Gasteiger partial charge in [-0.05, 0) is 34.1 Å². The number of carbonyl (C=O) groups is 3. The number of carboxylic acid groups (broad SMARTS) is 1. The van der Waals surface area contributed by atoms with Crippen molar-refractivity contribution in [2.45, 2.75) is 41.1 Å². The summed E-state index contributed by atoms with van der Waals surface area (Å²) in [5.74, 6) is -1.75. The van der Waals surface area contributed by atoms with Crippen molar-refractivity contribution in [1.29, 1.82) is 0 Å².